The molecule has 0 atom stereocenters. The number of benzene rings is 1. The Hall–Kier alpha value is -2.08. The van der Waals surface area contributed by atoms with Gasteiger partial charge in [0.25, 0.3) is 0 Å². The molecule has 1 aromatic rings. The standard InChI is InChI=1S/C22H36N4O2/c1-4-14-26(16-9-15-25(2)3)22(28)24-20-13-8-12-19(17-20)23-21(27)18-10-6-5-7-11-18/h8,12-13,17-18H,4-7,9-11,14-16H2,1-3H3,(H,23,27)(H,24,28). The van der Waals surface area contributed by atoms with Crippen LogP contribution in [0.4, 0.5) is 16.2 Å². The number of carbonyl (C=O) groups is 2. The van der Waals surface area contributed by atoms with Crippen molar-refractivity contribution in [2.24, 2.45) is 5.92 Å². The van der Waals surface area contributed by atoms with Crippen LogP contribution in [-0.4, -0.2) is 55.5 Å². The molecule has 0 radical (unpaired) electrons. The Balaban J connectivity index is 1.92. The van der Waals surface area contributed by atoms with Gasteiger partial charge in [-0.25, -0.2) is 4.79 Å². The second-order valence-corrected chi connectivity index (χ2v) is 7.98. The number of rotatable bonds is 9. The molecule has 3 amide bonds. The van der Waals surface area contributed by atoms with E-state index in [0.29, 0.717) is 5.69 Å². The number of amides is 3. The molecule has 28 heavy (non-hydrogen) atoms. The maximum Gasteiger partial charge on any atom is 0.321 e. The minimum absolute atomic E-state index is 0.0867. The van der Waals surface area contributed by atoms with Crippen molar-refractivity contribution in [1.82, 2.24) is 9.80 Å². The Morgan fingerprint density at radius 1 is 1.00 bits per heavy atom. The molecular weight excluding hydrogens is 352 g/mol. The molecule has 0 aliphatic heterocycles. The molecule has 6 heteroatoms. The predicted octanol–water partition coefficient (Wildman–Crippen LogP) is 4.40. The van der Waals surface area contributed by atoms with Crippen LogP contribution >= 0.6 is 0 Å². The lowest BCUT2D eigenvalue weighted by atomic mass is 9.88. The fourth-order valence-electron chi connectivity index (χ4n) is 3.65. The third-order valence-corrected chi connectivity index (χ3v) is 5.17. The minimum Gasteiger partial charge on any atom is -0.326 e. The first kappa shape index (κ1) is 22.2. The Bertz CT molecular complexity index is 627. The number of carbonyl (C=O) groups excluding carboxylic acids is 2. The Kier molecular flexibility index (Phi) is 9.28. The van der Waals surface area contributed by atoms with Crippen LogP contribution in [0.25, 0.3) is 0 Å². The highest BCUT2D eigenvalue weighted by Crippen LogP contribution is 2.25. The van der Waals surface area contributed by atoms with Crippen molar-refractivity contribution in [2.75, 3.05) is 44.4 Å². The van der Waals surface area contributed by atoms with E-state index in [4.69, 9.17) is 0 Å². The quantitative estimate of drug-likeness (QED) is 0.659. The van der Waals surface area contributed by atoms with Gasteiger partial charge in [-0.2, -0.15) is 0 Å². The van der Waals surface area contributed by atoms with Gasteiger partial charge >= 0.3 is 6.03 Å². The fourth-order valence-corrected chi connectivity index (χ4v) is 3.65. The van der Waals surface area contributed by atoms with Gasteiger partial charge in [0.05, 0.1) is 0 Å². The van der Waals surface area contributed by atoms with E-state index in [-0.39, 0.29) is 17.9 Å². The molecule has 1 fully saturated rings. The van der Waals surface area contributed by atoms with Crippen LogP contribution in [0.1, 0.15) is 51.9 Å². The first-order chi connectivity index (χ1) is 13.5. The third kappa shape index (κ3) is 7.50. The summed E-state index contributed by atoms with van der Waals surface area (Å²) in [6.07, 6.45) is 7.31. The highest BCUT2D eigenvalue weighted by molar-refractivity contribution is 5.94. The van der Waals surface area contributed by atoms with Crippen molar-refractivity contribution in [3.63, 3.8) is 0 Å². The van der Waals surface area contributed by atoms with Gasteiger partial charge in [-0.3, -0.25) is 4.79 Å². The van der Waals surface area contributed by atoms with Gasteiger partial charge < -0.3 is 20.4 Å². The molecule has 2 N–H and O–H groups in total. The number of nitrogens with zero attached hydrogens (tertiary/aromatic N) is 2. The molecule has 0 bridgehead atoms. The van der Waals surface area contributed by atoms with Crippen molar-refractivity contribution < 1.29 is 9.59 Å². The van der Waals surface area contributed by atoms with Gasteiger partial charge in [0.15, 0.2) is 0 Å². The molecular formula is C22H36N4O2. The van der Waals surface area contributed by atoms with Crippen LogP contribution in [0.15, 0.2) is 24.3 Å². The van der Waals surface area contributed by atoms with Crippen molar-refractivity contribution in [1.29, 1.82) is 0 Å². The molecule has 1 saturated carbocycles. The number of urea groups is 1. The molecule has 0 aromatic heterocycles. The summed E-state index contributed by atoms with van der Waals surface area (Å²) in [6, 6.07) is 7.34. The zero-order valence-corrected chi connectivity index (χ0v) is 17.7. The summed E-state index contributed by atoms with van der Waals surface area (Å²) in [4.78, 5) is 29.1. The lowest BCUT2D eigenvalue weighted by Crippen LogP contribution is -2.37. The third-order valence-electron chi connectivity index (χ3n) is 5.17. The van der Waals surface area contributed by atoms with Crippen molar-refractivity contribution in [3.8, 4) is 0 Å². The van der Waals surface area contributed by atoms with E-state index in [9.17, 15) is 9.59 Å². The normalized spacial score (nSPS) is 14.7. The Morgan fingerprint density at radius 2 is 1.68 bits per heavy atom. The van der Waals surface area contributed by atoms with Gasteiger partial charge in [-0.1, -0.05) is 32.3 Å². The van der Waals surface area contributed by atoms with E-state index in [0.717, 1.165) is 63.8 Å². The van der Waals surface area contributed by atoms with E-state index < -0.39 is 0 Å². The summed E-state index contributed by atoms with van der Waals surface area (Å²) < 4.78 is 0. The van der Waals surface area contributed by atoms with Crippen LogP contribution in [0.3, 0.4) is 0 Å². The number of hydrogen-bond acceptors (Lipinski definition) is 3. The van der Waals surface area contributed by atoms with E-state index in [1.54, 1.807) is 0 Å². The highest BCUT2D eigenvalue weighted by Gasteiger charge is 2.21. The predicted molar refractivity (Wildman–Crippen MR) is 116 cm³/mol. The van der Waals surface area contributed by atoms with Crippen molar-refractivity contribution >= 4 is 23.3 Å². The number of anilines is 2. The SMILES string of the molecule is CCCN(CCCN(C)C)C(=O)Nc1cccc(NC(=O)C2CCCCC2)c1. The van der Waals surface area contributed by atoms with Crippen LogP contribution in [0, 0.1) is 5.92 Å². The molecule has 6 nitrogen and oxygen atoms in total. The van der Waals surface area contributed by atoms with Gasteiger partial charge in [-0.15, -0.1) is 0 Å². The van der Waals surface area contributed by atoms with E-state index in [1.165, 1.54) is 6.42 Å². The van der Waals surface area contributed by atoms with Crippen LogP contribution in [0.5, 0.6) is 0 Å². The summed E-state index contributed by atoms with van der Waals surface area (Å²) in [5.74, 6) is 0.211. The summed E-state index contributed by atoms with van der Waals surface area (Å²) in [6.45, 7) is 4.50. The molecule has 0 unspecified atom stereocenters. The molecule has 0 spiro atoms. The molecule has 0 saturated heterocycles. The second-order valence-electron chi connectivity index (χ2n) is 7.98. The Morgan fingerprint density at radius 3 is 2.32 bits per heavy atom. The minimum atomic E-state index is -0.0867. The smallest absolute Gasteiger partial charge is 0.321 e. The Labute approximate surface area is 169 Å². The molecule has 1 aliphatic carbocycles. The summed E-state index contributed by atoms with van der Waals surface area (Å²) in [7, 11) is 4.08. The molecule has 2 rings (SSSR count). The van der Waals surface area contributed by atoms with Gasteiger partial charge in [0.2, 0.25) is 5.91 Å². The zero-order chi connectivity index (χ0) is 20.4. The monoisotopic (exact) mass is 388 g/mol. The van der Waals surface area contributed by atoms with Gasteiger partial charge in [0, 0.05) is 30.4 Å². The van der Waals surface area contributed by atoms with Gasteiger partial charge in [-0.05, 0) is 64.5 Å². The van der Waals surface area contributed by atoms with E-state index in [1.807, 2.05) is 43.3 Å². The molecule has 156 valence electrons. The fraction of sp³-hybridized carbons (Fsp3) is 0.636. The highest BCUT2D eigenvalue weighted by atomic mass is 16.2. The number of nitrogens with one attached hydrogen (secondary N) is 2. The van der Waals surface area contributed by atoms with Crippen LogP contribution in [-0.2, 0) is 4.79 Å². The maximum atomic E-state index is 12.7. The number of hydrogen-bond donors (Lipinski definition) is 2. The molecule has 1 aliphatic rings. The zero-order valence-electron chi connectivity index (χ0n) is 17.7. The second kappa shape index (κ2) is 11.7. The first-order valence-corrected chi connectivity index (χ1v) is 10.6. The first-order valence-electron chi connectivity index (χ1n) is 10.6. The van der Waals surface area contributed by atoms with Crippen molar-refractivity contribution in [2.45, 2.75) is 51.9 Å². The molecule has 0 heterocycles. The van der Waals surface area contributed by atoms with Crippen LogP contribution in [0.2, 0.25) is 0 Å². The summed E-state index contributed by atoms with van der Waals surface area (Å²) in [5, 5.41) is 6.00. The van der Waals surface area contributed by atoms with Gasteiger partial charge in [0.1, 0.15) is 0 Å². The summed E-state index contributed by atoms with van der Waals surface area (Å²) >= 11 is 0. The van der Waals surface area contributed by atoms with Crippen molar-refractivity contribution in [3.05, 3.63) is 24.3 Å². The lowest BCUT2D eigenvalue weighted by Gasteiger charge is -2.24. The lowest BCUT2D eigenvalue weighted by molar-refractivity contribution is -0.120. The maximum absolute atomic E-state index is 12.7. The van der Waals surface area contributed by atoms with E-state index in [2.05, 4.69) is 22.5 Å². The van der Waals surface area contributed by atoms with E-state index >= 15 is 0 Å². The molecule has 1 aromatic carbocycles. The largest absolute Gasteiger partial charge is 0.326 e. The topological polar surface area (TPSA) is 64.7 Å². The summed E-state index contributed by atoms with van der Waals surface area (Å²) in [5.41, 5.74) is 1.45. The average Bonchev–Trinajstić information content (AvgIpc) is 2.68. The average molecular weight is 389 g/mol. The van der Waals surface area contributed by atoms with Crippen LogP contribution < -0.4 is 10.6 Å².